The molecule has 0 heterocycles. The van der Waals surface area contributed by atoms with Gasteiger partial charge < -0.3 is 5.11 Å². The maximum absolute atomic E-state index is 10.2. The van der Waals surface area contributed by atoms with E-state index >= 15 is 0 Å². The van der Waals surface area contributed by atoms with Gasteiger partial charge in [0.1, 0.15) is 0 Å². The fraction of sp³-hybridized carbons (Fsp3) is 1.00. The van der Waals surface area contributed by atoms with E-state index in [0.717, 1.165) is 19.3 Å². The van der Waals surface area contributed by atoms with E-state index in [0.29, 0.717) is 12.8 Å². The average Bonchev–Trinajstić information content (AvgIpc) is 1.85. The number of aliphatic hydroxyl groups is 1. The molecule has 0 spiro atoms. The second-order valence-electron chi connectivity index (χ2n) is 2.81. The molecule has 0 aromatic heterocycles. The van der Waals surface area contributed by atoms with Crippen molar-refractivity contribution in [2.75, 3.05) is 0 Å². The normalized spacial score (nSPS) is 24.2. The molecule has 1 unspecified atom stereocenters. The minimum Gasteiger partial charge on any atom is -0.364 e. The largest absolute Gasteiger partial charge is 1.00 e. The van der Waals surface area contributed by atoms with Crippen LogP contribution in [0.5, 0.6) is 0 Å². The average molecular weight is 203 g/mol. The Kier molecular flexibility index (Phi) is 6.18. The molecular formula is C6H12NaO4S+. The van der Waals surface area contributed by atoms with Crippen molar-refractivity contribution in [2.45, 2.75) is 37.9 Å². The first-order valence-electron chi connectivity index (χ1n) is 3.65. The van der Waals surface area contributed by atoms with Crippen LogP contribution >= 0.6 is 0 Å². The molecule has 0 aromatic carbocycles. The van der Waals surface area contributed by atoms with Crippen molar-refractivity contribution >= 4 is 11.4 Å². The zero-order valence-corrected chi connectivity index (χ0v) is 9.97. The van der Waals surface area contributed by atoms with Crippen molar-refractivity contribution in [2.24, 2.45) is 0 Å². The maximum Gasteiger partial charge on any atom is 1.00 e. The third-order valence-electron chi connectivity index (χ3n) is 1.86. The topological polar surface area (TPSA) is 66.8 Å². The van der Waals surface area contributed by atoms with Gasteiger partial charge in [-0.05, 0) is 12.8 Å². The van der Waals surface area contributed by atoms with E-state index < -0.39 is 17.1 Å². The van der Waals surface area contributed by atoms with E-state index in [1.807, 2.05) is 0 Å². The Hall–Kier alpha value is 1.03. The minimum absolute atomic E-state index is 0. The molecule has 1 aliphatic rings. The molecule has 1 saturated carbocycles. The van der Waals surface area contributed by atoms with Crippen LogP contribution < -0.4 is 29.6 Å². The minimum atomic E-state index is -2.35. The summed E-state index contributed by atoms with van der Waals surface area (Å²) >= 11 is -2.35. The van der Waals surface area contributed by atoms with Crippen LogP contribution in [0.3, 0.4) is 0 Å². The molecule has 0 saturated heterocycles. The number of hydrogen-bond acceptors (Lipinski definition) is 3. The van der Waals surface area contributed by atoms with Gasteiger partial charge in [0.2, 0.25) is 0 Å². The van der Waals surface area contributed by atoms with E-state index in [9.17, 15) is 9.32 Å². The van der Waals surface area contributed by atoms with Gasteiger partial charge in [-0.1, -0.05) is 6.42 Å². The first-order valence-corrected chi connectivity index (χ1v) is 4.68. The summed E-state index contributed by atoms with van der Waals surface area (Å²) in [5, 5.41) is 9.47. The van der Waals surface area contributed by atoms with Gasteiger partial charge in [-0.3, -0.25) is 4.55 Å². The van der Waals surface area contributed by atoms with Crippen molar-refractivity contribution in [1.82, 2.24) is 0 Å². The van der Waals surface area contributed by atoms with Crippen molar-refractivity contribution in [3.63, 3.8) is 0 Å². The Morgan fingerprint density at radius 2 is 1.75 bits per heavy atom. The summed E-state index contributed by atoms with van der Waals surface area (Å²) in [6, 6.07) is 0. The molecule has 0 bridgehead atoms. The van der Waals surface area contributed by atoms with E-state index in [1.54, 1.807) is 0 Å². The van der Waals surface area contributed by atoms with Crippen molar-refractivity contribution in [3.8, 4) is 0 Å². The van der Waals surface area contributed by atoms with Crippen LogP contribution in [-0.2, 0) is 15.5 Å². The first kappa shape index (κ1) is 13.0. The Morgan fingerprint density at radius 1 is 1.25 bits per heavy atom. The molecular weight excluding hydrogens is 191 g/mol. The third-order valence-corrected chi connectivity index (χ3v) is 2.31. The van der Waals surface area contributed by atoms with Gasteiger partial charge in [0.25, 0.3) is 0 Å². The Morgan fingerprint density at radius 3 is 2.17 bits per heavy atom. The van der Waals surface area contributed by atoms with Crippen LogP contribution in [0.25, 0.3) is 0 Å². The fourth-order valence-corrected chi connectivity index (χ4v) is 1.75. The third kappa shape index (κ3) is 4.32. The van der Waals surface area contributed by atoms with Crippen molar-refractivity contribution in [1.29, 1.82) is 0 Å². The monoisotopic (exact) mass is 203 g/mol. The molecule has 4 nitrogen and oxygen atoms in total. The Labute approximate surface area is 96.5 Å². The van der Waals surface area contributed by atoms with Gasteiger partial charge in [0.15, 0.2) is 5.79 Å². The predicted molar refractivity (Wildman–Crippen MR) is 39.9 cm³/mol. The molecule has 1 atom stereocenters. The van der Waals surface area contributed by atoms with Gasteiger partial charge in [0.05, 0.1) is 0 Å². The summed E-state index contributed by atoms with van der Waals surface area (Å²) in [6.45, 7) is 0. The van der Waals surface area contributed by atoms with Crippen molar-refractivity contribution in [3.05, 3.63) is 0 Å². The van der Waals surface area contributed by atoms with Gasteiger partial charge >= 0.3 is 40.9 Å². The van der Waals surface area contributed by atoms with Crippen LogP contribution in [-0.4, -0.2) is 19.7 Å². The molecule has 12 heavy (non-hydrogen) atoms. The summed E-state index contributed by atoms with van der Waals surface area (Å²) in [6.07, 6.45) is 3.68. The van der Waals surface area contributed by atoms with E-state index in [-0.39, 0.29) is 29.6 Å². The first-order chi connectivity index (χ1) is 5.12. The molecule has 1 fully saturated rings. The summed E-state index contributed by atoms with van der Waals surface area (Å²) in [5.74, 6) is -1.35. The van der Waals surface area contributed by atoms with Gasteiger partial charge in [-0.15, -0.1) is 0 Å². The maximum atomic E-state index is 10.2. The Bertz CT molecular complexity index is 158. The second kappa shape index (κ2) is 5.70. The van der Waals surface area contributed by atoms with Gasteiger partial charge in [0, 0.05) is 12.8 Å². The van der Waals surface area contributed by atoms with Crippen LogP contribution in [0.1, 0.15) is 32.1 Å². The van der Waals surface area contributed by atoms with Crippen LogP contribution in [0.2, 0.25) is 0 Å². The SMILES string of the molecule is O=S(O)OC1(O)CCCCC1.[Na+]. The molecule has 0 aliphatic heterocycles. The number of hydrogen-bond donors (Lipinski definition) is 2. The summed E-state index contributed by atoms with van der Waals surface area (Å²) in [4.78, 5) is 0. The van der Waals surface area contributed by atoms with Gasteiger partial charge in [-0.25, -0.2) is 4.18 Å². The van der Waals surface area contributed by atoms with Crippen molar-refractivity contribution < 1.29 is 47.6 Å². The van der Waals surface area contributed by atoms with E-state index in [1.165, 1.54) is 0 Å². The molecule has 6 heteroatoms. The van der Waals surface area contributed by atoms with Crippen LogP contribution in [0, 0.1) is 0 Å². The molecule has 66 valence electrons. The molecule has 0 aromatic rings. The quantitative estimate of drug-likeness (QED) is 0.303. The predicted octanol–water partition coefficient (Wildman–Crippen LogP) is -2.20. The standard InChI is InChI=1S/C6H12O4S.Na/c7-6(10-11(8)9)4-2-1-3-5-6;/h7H,1-5H2,(H,8,9);/q;+1. The summed E-state index contributed by atoms with van der Waals surface area (Å²) < 4.78 is 23.0. The summed E-state index contributed by atoms with van der Waals surface area (Å²) in [7, 11) is 0. The van der Waals surface area contributed by atoms with Crippen LogP contribution in [0.4, 0.5) is 0 Å². The van der Waals surface area contributed by atoms with Crippen LogP contribution in [0.15, 0.2) is 0 Å². The smallest absolute Gasteiger partial charge is 0.364 e. The second-order valence-corrected chi connectivity index (χ2v) is 3.41. The number of rotatable bonds is 2. The van der Waals surface area contributed by atoms with Gasteiger partial charge in [-0.2, -0.15) is 4.21 Å². The molecule has 2 N–H and O–H groups in total. The van der Waals surface area contributed by atoms with E-state index in [4.69, 9.17) is 4.55 Å². The summed E-state index contributed by atoms with van der Waals surface area (Å²) in [5.41, 5.74) is 0. The molecule has 0 amide bonds. The zero-order chi connectivity index (χ0) is 8.32. The van der Waals surface area contributed by atoms with E-state index in [2.05, 4.69) is 4.18 Å². The fourth-order valence-electron chi connectivity index (χ4n) is 1.32. The molecule has 1 rings (SSSR count). The molecule has 1 aliphatic carbocycles. The molecule has 0 radical (unpaired) electrons. The Balaban J connectivity index is 0.00000121. The zero-order valence-electron chi connectivity index (χ0n) is 7.15.